The summed E-state index contributed by atoms with van der Waals surface area (Å²) >= 11 is 1.10. The molecule has 0 spiro atoms. The van der Waals surface area contributed by atoms with Gasteiger partial charge in [0.2, 0.25) is 5.43 Å². The van der Waals surface area contributed by atoms with Crippen molar-refractivity contribution in [2.24, 2.45) is 0 Å². The zero-order valence-corrected chi connectivity index (χ0v) is 10.4. The topological polar surface area (TPSA) is 83.0 Å². The van der Waals surface area contributed by atoms with E-state index in [0.29, 0.717) is 17.3 Å². The largest absolute Gasteiger partial charge is 0.465 e. The van der Waals surface area contributed by atoms with E-state index >= 15 is 0 Å². The van der Waals surface area contributed by atoms with Gasteiger partial charge in [-0.1, -0.05) is 11.8 Å². The molecule has 1 aromatic rings. The molecule has 0 atom stereocenters. The Morgan fingerprint density at radius 2 is 2.35 bits per heavy atom. The fraction of sp³-hybridized carbons (Fsp3) is 0.364. The van der Waals surface area contributed by atoms with E-state index in [-0.39, 0.29) is 22.7 Å². The molecule has 1 N–H and O–H groups in total. The third-order valence-electron chi connectivity index (χ3n) is 1.88. The first-order valence-electron chi connectivity index (χ1n) is 5.01. The molecule has 0 radical (unpaired) electrons. The average molecular weight is 252 g/mol. The molecule has 0 amide bonds. The Kier molecular flexibility index (Phi) is 4.79. The molecule has 0 bridgehead atoms. The molecule has 6 heteroatoms. The Hall–Kier alpha value is -1.74. The van der Waals surface area contributed by atoms with Gasteiger partial charge in [-0.3, -0.25) is 9.59 Å². The first-order chi connectivity index (χ1) is 8.08. The second-order valence-electron chi connectivity index (χ2n) is 3.23. The standard InChI is InChI=1S/C11H12N2O3S/c1-3-16-10(15)6-17-11-8(5-12)9(14)4-7(2)13-11/h4H,3,6H2,1-2H3,(H,13,14). The summed E-state index contributed by atoms with van der Waals surface area (Å²) in [5, 5.41) is 9.27. The minimum absolute atomic E-state index is 0.0323. The van der Waals surface area contributed by atoms with E-state index in [0.717, 1.165) is 11.8 Å². The van der Waals surface area contributed by atoms with E-state index in [2.05, 4.69) is 4.98 Å². The number of aromatic nitrogens is 1. The van der Waals surface area contributed by atoms with Crippen molar-refractivity contribution in [2.75, 3.05) is 12.4 Å². The molecule has 0 aliphatic rings. The van der Waals surface area contributed by atoms with Crippen molar-refractivity contribution < 1.29 is 9.53 Å². The number of esters is 1. The van der Waals surface area contributed by atoms with Crippen LogP contribution in [0.5, 0.6) is 0 Å². The second kappa shape index (κ2) is 6.11. The van der Waals surface area contributed by atoms with Crippen molar-refractivity contribution in [1.82, 2.24) is 4.98 Å². The number of pyridine rings is 1. The maximum Gasteiger partial charge on any atom is 0.316 e. The number of hydrogen-bond acceptors (Lipinski definition) is 5. The van der Waals surface area contributed by atoms with Gasteiger partial charge in [0.1, 0.15) is 11.6 Å². The van der Waals surface area contributed by atoms with Crippen LogP contribution < -0.4 is 5.43 Å². The smallest absolute Gasteiger partial charge is 0.316 e. The Labute approximate surface area is 103 Å². The molecular formula is C11H12N2O3S. The molecule has 0 aromatic carbocycles. The molecule has 0 saturated carbocycles. The number of hydrogen-bond donors (Lipinski definition) is 1. The number of H-pyrrole nitrogens is 1. The maximum atomic E-state index is 11.5. The minimum Gasteiger partial charge on any atom is -0.465 e. The summed E-state index contributed by atoms with van der Waals surface area (Å²) in [6, 6.07) is 3.18. The van der Waals surface area contributed by atoms with Crippen LogP contribution in [0.2, 0.25) is 0 Å². The Balaban J connectivity index is 2.88. The van der Waals surface area contributed by atoms with Crippen LogP contribution in [0, 0.1) is 18.3 Å². The summed E-state index contributed by atoms with van der Waals surface area (Å²) in [6.07, 6.45) is 0. The maximum absolute atomic E-state index is 11.5. The summed E-state index contributed by atoms with van der Waals surface area (Å²) in [6.45, 7) is 3.75. The molecule has 5 nitrogen and oxygen atoms in total. The normalized spacial score (nSPS) is 9.71. The molecule has 17 heavy (non-hydrogen) atoms. The number of ether oxygens (including phenoxy) is 1. The van der Waals surface area contributed by atoms with Crippen molar-refractivity contribution in [2.45, 2.75) is 18.9 Å². The van der Waals surface area contributed by atoms with Gasteiger partial charge in [-0.15, -0.1) is 0 Å². The van der Waals surface area contributed by atoms with E-state index in [4.69, 9.17) is 10.00 Å². The van der Waals surface area contributed by atoms with Crippen molar-refractivity contribution in [3.8, 4) is 6.07 Å². The fourth-order valence-electron chi connectivity index (χ4n) is 1.21. The lowest BCUT2D eigenvalue weighted by Gasteiger charge is -2.05. The molecule has 0 unspecified atom stereocenters. The third kappa shape index (κ3) is 3.64. The lowest BCUT2D eigenvalue weighted by atomic mass is 10.2. The zero-order valence-electron chi connectivity index (χ0n) is 9.57. The Morgan fingerprint density at radius 3 is 2.94 bits per heavy atom. The summed E-state index contributed by atoms with van der Waals surface area (Å²) < 4.78 is 4.76. The van der Waals surface area contributed by atoms with Crippen molar-refractivity contribution in [3.05, 3.63) is 27.5 Å². The van der Waals surface area contributed by atoms with Gasteiger partial charge in [0, 0.05) is 11.8 Å². The van der Waals surface area contributed by atoms with E-state index in [1.165, 1.54) is 6.07 Å². The van der Waals surface area contributed by atoms with Crippen molar-refractivity contribution >= 4 is 17.7 Å². The predicted molar refractivity (Wildman–Crippen MR) is 63.9 cm³/mol. The molecular weight excluding hydrogens is 240 g/mol. The number of carbonyl (C=O) groups is 1. The van der Waals surface area contributed by atoms with Gasteiger partial charge < -0.3 is 9.72 Å². The predicted octanol–water partition coefficient (Wildman–Crippen LogP) is 1.21. The molecule has 1 rings (SSSR count). The Bertz CT molecular complexity index is 516. The SMILES string of the molecule is CCOC(=O)CSc1[nH]c(C)cc(=O)c1C#N. The molecule has 0 fully saturated rings. The molecule has 1 aromatic heterocycles. The highest BCUT2D eigenvalue weighted by Crippen LogP contribution is 2.17. The van der Waals surface area contributed by atoms with Crippen LogP contribution in [0.25, 0.3) is 0 Å². The van der Waals surface area contributed by atoms with Crippen LogP contribution >= 0.6 is 11.8 Å². The number of aryl methyl sites for hydroxylation is 1. The van der Waals surface area contributed by atoms with Gasteiger partial charge in [0.15, 0.2) is 0 Å². The summed E-state index contributed by atoms with van der Waals surface area (Å²) in [5.74, 6) is -0.300. The van der Waals surface area contributed by atoms with E-state index in [1.807, 2.05) is 6.07 Å². The van der Waals surface area contributed by atoms with Crippen LogP contribution in [0.15, 0.2) is 15.9 Å². The third-order valence-corrected chi connectivity index (χ3v) is 2.86. The first-order valence-corrected chi connectivity index (χ1v) is 5.99. The van der Waals surface area contributed by atoms with E-state index in [9.17, 15) is 9.59 Å². The Morgan fingerprint density at radius 1 is 1.65 bits per heavy atom. The van der Waals surface area contributed by atoms with Crippen LogP contribution in [0.3, 0.4) is 0 Å². The number of carbonyl (C=O) groups excluding carboxylic acids is 1. The van der Waals surface area contributed by atoms with Crippen LogP contribution in [0.1, 0.15) is 18.2 Å². The molecule has 0 saturated heterocycles. The number of thioether (sulfide) groups is 1. The first kappa shape index (κ1) is 13.3. The van der Waals surface area contributed by atoms with E-state index < -0.39 is 0 Å². The number of nitrogens with one attached hydrogen (secondary N) is 1. The van der Waals surface area contributed by atoms with E-state index in [1.54, 1.807) is 13.8 Å². The summed E-state index contributed by atoms with van der Waals surface area (Å²) in [7, 11) is 0. The van der Waals surface area contributed by atoms with Crippen LogP contribution in [0.4, 0.5) is 0 Å². The second-order valence-corrected chi connectivity index (χ2v) is 4.21. The number of nitriles is 1. The van der Waals surface area contributed by atoms with Crippen molar-refractivity contribution in [1.29, 1.82) is 5.26 Å². The highest BCUT2D eigenvalue weighted by molar-refractivity contribution is 7.99. The summed E-state index contributed by atoms with van der Waals surface area (Å²) in [4.78, 5) is 25.6. The van der Waals surface area contributed by atoms with Gasteiger partial charge in [-0.25, -0.2) is 0 Å². The molecule has 0 aliphatic heterocycles. The number of nitrogens with zero attached hydrogens (tertiary/aromatic N) is 1. The van der Waals surface area contributed by atoms with Gasteiger partial charge >= 0.3 is 5.97 Å². The molecule has 1 heterocycles. The van der Waals surface area contributed by atoms with Crippen LogP contribution in [-0.2, 0) is 9.53 Å². The zero-order chi connectivity index (χ0) is 12.8. The highest BCUT2D eigenvalue weighted by atomic mass is 32.2. The van der Waals surface area contributed by atoms with Crippen LogP contribution in [-0.4, -0.2) is 23.3 Å². The lowest BCUT2D eigenvalue weighted by Crippen LogP contribution is -2.11. The van der Waals surface area contributed by atoms with Gasteiger partial charge in [-0.2, -0.15) is 5.26 Å². The fourth-order valence-corrected chi connectivity index (χ4v) is 2.08. The number of rotatable bonds is 4. The number of aromatic amines is 1. The molecule has 90 valence electrons. The minimum atomic E-state index is -0.372. The monoisotopic (exact) mass is 252 g/mol. The van der Waals surface area contributed by atoms with Crippen molar-refractivity contribution in [3.63, 3.8) is 0 Å². The quantitative estimate of drug-likeness (QED) is 0.643. The van der Waals surface area contributed by atoms with Gasteiger partial charge in [-0.05, 0) is 13.8 Å². The molecule has 0 aliphatic carbocycles. The lowest BCUT2D eigenvalue weighted by molar-refractivity contribution is -0.139. The van der Waals surface area contributed by atoms with Gasteiger partial charge in [0.05, 0.1) is 17.4 Å². The summed E-state index contributed by atoms with van der Waals surface area (Å²) in [5.41, 5.74) is 0.348. The van der Waals surface area contributed by atoms with Gasteiger partial charge in [0.25, 0.3) is 0 Å². The highest BCUT2D eigenvalue weighted by Gasteiger charge is 2.11. The average Bonchev–Trinajstić information content (AvgIpc) is 2.26.